The lowest BCUT2D eigenvalue weighted by Crippen LogP contribution is -2.11. The third-order valence-electron chi connectivity index (χ3n) is 1.61. The molecule has 0 spiro atoms. The molecule has 14 heavy (non-hydrogen) atoms. The van der Waals surface area contributed by atoms with E-state index in [0.717, 1.165) is 12.1 Å². The average molecular weight is 197 g/mol. The molecule has 0 saturated carbocycles. The first-order chi connectivity index (χ1) is 6.43. The molecular weight excluding hydrogens is 190 g/mol. The maximum absolute atomic E-state index is 10.7. The average Bonchev–Trinajstić information content (AvgIpc) is 2.07. The van der Waals surface area contributed by atoms with E-state index in [0.29, 0.717) is 0 Å². The van der Waals surface area contributed by atoms with Crippen LogP contribution in [0, 0.1) is 0 Å². The third kappa shape index (κ3) is 1.58. The molecule has 5 N–H and O–H groups in total. The summed E-state index contributed by atoms with van der Waals surface area (Å²) in [4.78, 5) is 21.1. The molecule has 0 aliphatic carbocycles. The van der Waals surface area contributed by atoms with E-state index in [-0.39, 0.29) is 5.56 Å². The van der Waals surface area contributed by atoms with Gasteiger partial charge in [0.2, 0.25) is 0 Å². The molecule has 0 atom stereocenters. The van der Waals surface area contributed by atoms with E-state index in [9.17, 15) is 9.59 Å². The van der Waals surface area contributed by atoms with Gasteiger partial charge in [-0.1, -0.05) is 0 Å². The summed E-state index contributed by atoms with van der Waals surface area (Å²) in [6.07, 6.45) is 0. The molecule has 1 aromatic carbocycles. The summed E-state index contributed by atoms with van der Waals surface area (Å²) in [5.41, 5.74) is 4.03. The zero-order chi connectivity index (χ0) is 10.9. The molecule has 0 saturated heterocycles. The molecule has 0 aliphatic heterocycles. The molecule has 74 valence electrons. The first kappa shape index (κ1) is 9.85. The Morgan fingerprint density at radius 1 is 1.07 bits per heavy atom. The van der Waals surface area contributed by atoms with E-state index in [4.69, 9.17) is 21.1 Å². The Hall–Kier alpha value is -2.24. The van der Waals surface area contributed by atoms with Crippen LogP contribution in [0.15, 0.2) is 12.1 Å². The van der Waals surface area contributed by atoms with E-state index in [1.807, 2.05) is 0 Å². The first-order valence-electron chi connectivity index (χ1n) is 3.52. The molecule has 0 fully saturated rings. The number of carbonyl (C=O) groups is 2. The van der Waals surface area contributed by atoms with E-state index >= 15 is 0 Å². The van der Waals surface area contributed by atoms with Crippen molar-refractivity contribution < 1.29 is 24.9 Å². The van der Waals surface area contributed by atoms with Gasteiger partial charge in [0.05, 0.1) is 5.56 Å². The molecule has 0 unspecified atom stereocenters. The van der Waals surface area contributed by atoms with Gasteiger partial charge in [0.1, 0.15) is 17.1 Å². The highest BCUT2D eigenvalue weighted by molar-refractivity contribution is 5.99. The highest BCUT2D eigenvalue weighted by Gasteiger charge is 2.16. The Morgan fingerprint density at radius 2 is 1.50 bits per heavy atom. The maximum atomic E-state index is 10.7. The number of nitrogens with two attached hydrogens (primary N) is 1. The second-order valence-corrected chi connectivity index (χ2v) is 2.56. The summed E-state index contributed by atoms with van der Waals surface area (Å²) in [6.45, 7) is 0. The molecule has 0 radical (unpaired) electrons. The van der Waals surface area contributed by atoms with Crippen molar-refractivity contribution >= 4 is 11.9 Å². The van der Waals surface area contributed by atoms with Gasteiger partial charge < -0.3 is 21.1 Å². The molecule has 1 aromatic rings. The van der Waals surface area contributed by atoms with Gasteiger partial charge in [-0.25, -0.2) is 4.79 Å². The van der Waals surface area contributed by atoms with Gasteiger partial charge in [0.25, 0.3) is 5.91 Å². The van der Waals surface area contributed by atoms with Crippen molar-refractivity contribution in [2.45, 2.75) is 0 Å². The molecule has 6 heteroatoms. The predicted octanol–water partition coefficient (Wildman–Crippen LogP) is -0.105. The van der Waals surface area contributed by atoms with Crippen LogP contribution in [0.1, 0.15) is 20.7 Å². The van der Waals surface area contributed by atoms with Crippen LogP contribution in [-0.4, -0.2) is 27.2 Å². The zero-order valence-corrected chi connectivity index (χ0v) is 6.89. The number of benzene rings is 1. The fourth-order valence-corrected chi connectivity index (χ4v) is 0.945. The second-order valence-electron chi connectivity index (χ2n) is 2.56. The predicted molar refractivity (Wildman–Crippen MR) is 45.2 cm³/mol. The zero-order valence-electron chi connectivity index (χ0n) is 6.89. The molecule has 6 nitrogen and oxygen atoms in total. The molecule has 0 aromatic heterocycles. The number of hydrogen-bond donors (Lipinski definition) is 4. The third-order valence-corrected chi connectivity index (χ3v) is 1.61. The minimum Gasteiger partial charge on any atom is -0.507 e. The number of carbonyl (C=O) groups excluding carboxylic acids is 1. The summed E-state index contributed by atoms with van der Waals surface area (Å²) in [7, 11) is 0. The summed E-state index contributed by atoms with van der Waals surface area (Å²) in [6, 6.07) is 1.57. The SMILES string of the molecule is NC(=O)c1cc(O)c(C(=O)O)cc1O. The Morgan fingerprint density at radius 3 is 1.93 bits per heavy atom. The number of hydrogen-bond acceptors (Lipinski definition) is 4. The number of aromatic carboxylic acids is 1. The molecule has 1 rings (SSSR count). The largest absolute Gasteiger partial charge is 0.507 e. The van der Waals surface area contributed by atoms with Crippen molar-refractivity contribution in [3.05, 3.63) is 23.3 Å². The van der Waals surface area contributed by atoms with Gasteiger partial charge in [0, 0.05) is 0 Å². The van der Waals surface area contributed by atoms with Crippen LogP contribution in [0.4, 0.5) is 0 Å². The van der Waals surface area contributed by atoms with Crippen molar-refractivity contribution in [3.63, 3.8) is 0 Å². The van der Waals surface area contributed by atoms with E-state index in [1.165, 1.54) is 0 Å². The molecule has 0 aliphatic rings. The smallest absolute Gasteiger partial charge is 0.339 e. The number of primary amides is 1. The summed E-state index contributed by atoms with van der Waals surface area (Å²) >= 11 is 0. The van der Waals surface area contributed by atoms with Crippen molar-refractivity contribution in [1.82, 2.24) is 0 Å². The lowest BCUT2D eigenvalue weighted by molar-refractivity contribution is 0.0692. The van der Waals surface area contributed by atoms with Crippen LogP contribution in [0.3, 0.4) is 0 Å². The second kappa shape index (κ2) is 3.25. The van der Waals surface area contributed by atoms with Gasteiger partial charge in [-0.3, -0.25) is 4.79 Å². The topological polar surface area (TPSA) is 121 Å². The molecule has 0 bridgehead atoms. The van der Waals surface area contributed by atoms with Crippen molar-refractivity contribution in [1.29, 1.82) is 0 Å². The van der Waals surface area contributed by atoms with Crippen molar-refractivity contribution in [2.24, 2.45) is 5.73 Å². The van der Waals surface area contributed by atoms with Crippen LogP contribution in [-0.2, 0) is 0 Å². The monoisotopic (exact) mass is 197 g/mol. The fraction of sp³-hybridized carbons (Fsp3) is 0. The number of rotatable bonds is 2. The van der Waals surface area contributed by atoms with Crippen molar-refractivity contribution in [2.75, 3.05) is 0 Å². The van der Waals surface area contributed by atoms with E-state index in [1.54, 1.807) is 0 Å². The minimum atomic E-state index is -1.41. The van der Waals surface area contributed by atoms with Crippen LogP contribution in [0.2, 0.25) is 0 Å². The Balaban J connectivity index is 3.38. The van der Waals surface area contributed by atoms with Crippen LogP contribution in [0.25, 0.3) is 0 Å². The number of carboxylic acid groups (broad SMARTS) is 1. The minimum absolute atomic E-state index is 0.326. The molecular formula is C8H7NO5. The summed E-state index contributed by atoms with van der Waals surface area (Å²) < 4.78 is 0. The van der Waals surface area contributed by atoms with Gasteiger partial charge >= 0.3 is 5.97 Å². The van der Waals surface area contributed by atoms with Gasteiger partial charge in [-0.2, -0.15) is 0 Å². The Labute approximate surface area is 78.2 Å². The van der Waals surface area contributed by atoms with Gasteiger partial charge in [-0.15, -0.1) is 0 Å². The number of aromatic hydroxyl groups is 2. The van der Waals surface area contributed by atoms with E-state index in [2.05, 4.69) is 0 Å². The van der Waals surface area contributed by atoms with Gasteiger partial charge in [0.15, 0.2) is 0 Å². The highest BCUT2D eigenvalue weighted by atomic mass is 16.4. The standard InChI is InChI=1S/C8H7NO5/c9-7(12)3-1-6(11)4(8(13)14)2-5(3)10/h1-2,10-11H,(H2,9,12)(H,13,14). The normalized spacial score (nSPS) is 9.71. The van der Waals surface area contributed by atoms with Gasteiger partial charge in [-0.05, 0) is 12.1 Å². The van der Waals surface area contributed by atoms with E-state index < -0.39 is 28.9 Å². The molecule has 0 heterocycles. The summed E-state index contributed by atoms with van der Waals surface area (Å²) in [5, 5.41) is 26.8. The Kier molecular flexibility index (Phi) is 2.29. The Bertz CT molecular complexity index is 373. The fourth-order valence-electron chi connectivity index (χ4n) is 0.945. The first-order valence-corrected chi connectivity index (χ1v) is 3.52. The highest BCUT2D eigenvalue weighted by Crippen LogP contribution is 2.26. The lowest BCUT2D eigenvalue weighted by atomic mass is 10.1. The van der Waals surface area contributed by atoms with Crippen LogP contribution < -0.4 is 5.73 Å². The molecule has 1 amide bonds. The lowest BCUT2D eigenvalue weighted by Gasteiger charge is -2.04. The quantitative estimate of drug-likeness (QED) is 0.493. The summed E-state index contributed by atoms with van der Waals surface area (Å²) in [5.74, 6) is -3.56. The number of phenols is 2. The van der Waals surface area contributed by atoms with Crippen LogP contribution >= 0.6 is 0 Å². The van der Waals surface area contributed by atoms with Crippen molar-refractivity contribution in [3.8, 4) is 11.5 Å². The number of amides is 1. The van der Waals surface area contributed by atoms with Crippen LogP contribution in [0.5, 0.6) is 11.5 Å². The maximum Gasteiger partial charge on any atom is 0.339 e. The number of carboxylic acids is 1.